The summed E-state index contributed by atoms with van der Waals surface area (Å²) in [7, 11) is 0. The highest BCUT2D eigenvalue weighted by Crippen LogP contribution is 2.33. The molecule has 0 saturated heterocycles. The second kappa shape index (κ2) is 10.6. The molecule has 160 valence electrons. The van der Waals surface area contributed by atoms with E-state index in [9.17, 15) is 10.2 Å². The summed E-state index contributed by atoms with van der Waals surface area (Å²) in [5.41, 5.74) is 2.19. The fourth-order valence-electron chi connectivity index (χ4n) is 2.88. The number of ether oxygens (including phenoxy) is 3. The van der Waals surface area contributed by atoms with Crippen LogP contribution in [-0.4, -0.2) is 48.3 Å². The van der Waals surface area contributed by atoms with Gasteiger partial charge in [-0.25, -0.2) is 0 Å². The molecule has 5 nitrogen and oxygen atoms in total. The third-order valence-corrected chi connectivity index (χ3v) is 4.75. The molecule has 0 aliphatic rings. The Labute approximate surface area is 174 Å². The molecule has 29 heavy (non-hydrogen) atoms. The van der Waals surface area contributed by atoms with Gasteiger partial charge in [0.05, 0.1) is 24.9 Å². The van der Waals surface area contributed by atoms with Crippen LogP contribution in [0.4, 0.5) is 0 Å². The Kier molecular flexibility index (Phi) is 8.50. The number of aliphatic hydroxyl groups excluding tert-OH is 2. The molecule has 0 amide bonds. The van der Waals surface area contributed by atoms with E-state index in [0.29, 0.717) is 13.2 Å². The van der Waals surface area contributed by atoms with E-state index >= 15 is 0 Å². The monoisotopic (exact) mass is 402 g/mol. The van der Waals surface area contributed by atoms with Crippen molar-refractivity contribution in [3.05, 3.63) is 59.7 Å². The lowest BCUT2D eigenvalue weighted by Gasteiger charge is -2.26. The zero-order valence-electron chi connectivity index (χ0n) is 18.1. The van der Waals surface area contributed by atoms with Crippen molar-refractivity contribution in [3.63, 3.8) is 0 Å². The smallest absolute Gasteiger partial charge is 0.119 e. The SMILES string of the molecule is CC(O)COc1ccc(C(C)(C)c2ccc(OCC(C)OCC(C)O)cc2)cc1. The van der Waals surface area contributed by atoms with Crippen molar-refractivity contribution in [1.29, 1.82) is 0 Å². The second-order valence-electron chi connectivity index (χ2n) is 8.14. The first kappa shape index (κ1) is 23.2. The molecular weight excluding hydrogens is 368 g/mol. The predicted octanol–water partition coefficient (Wildman–Crippen LogP) is 3.94. The molecule has 0 aliphatic heterocycles. The lowest BCUT2D eigenvalue weighted by Crippen LogP contribution is -2.23. The average Bonchev–Trinajstić information content (AvgIpc) is 2.69. The minimum absolute atomic E-state index is 0.0877. The van der Waals surface area contributed by atoms with Crippen LogP contribution in [0, 0.1) is 0 Å². The topological polar surface area (TPSA) is 68.2 Å². The fourth-order valence-corrected chi connectivity index (χ4v) is 2.88. The summed E-state index contributed by atoms with van der Waals surface area (Å²) in [6, 6.07) is 16.1. The highest BCUT2D eigenvalue weighted by molar-refractivity contribution is 5.41. The van der Waals surface area contributed by atoms with E-state index in [2.05, 4.69) is 38.1 Å². The second-order valence-corrected chi connectivity index (χ2v) is 8.14. The molecule has 2 rings (SSSR count). The predicted molar refractivity (Wildman–Crippen MR) is 115 cm³/mol. The summed E-state index contributed by atoms with van der Waals surface area (Å²) in [4.78, 5) is 0. The van der Waals surface area contributed by atoms with Crippen molar-refractivity contribution in [1.82, 2.24) is 0 Å². The van der Waals surface area contributed by atoms with Crippen molar-refractivity contribution in [2.24, 2.45) is 0 Å². The molecule has 0 saturated carbocycles. The molecule has 0 bridgehead atoms. The summed E-state index contributed by atoms with van der Waals surface area (Å²) in [6.07, 6.45) is -1.05. The first-order chi connectivity index (χ1) is 13.7. The van der Waals surface area contributed by atoms with Gasteiger partial charge in [0.15, 0.2) is 0 Å². The van der Waals surface area contributed by atoms with Crippen LogP contribution >= 0.6 is 0 Å². The quantitative estimate of drug-likeness (QED) is 0.596. The Morgan fingerprint density at radius 3 is 1.52 bits per heavy atom. The largest absolute Gasteiger partial charge is 0.491 e. The van der Waals surface area contributed by atoms with Gasteiger partial charge in [0.2, 0.25) is 0 Å². The van der Waals surface area contributed by atoms with Gasteiger partial charge in [-0.05, 0) is 56.2 Å². The van der Waals surface area contributed by atoms with Crippen molar-refractivity contribution >= 4 is 0 Å². The van der Waals surface area contributed by atoms with Gasteiger partial charge < -0.3 is 24.4 Å². The van der Waals surface area contributed by atoms with E-state index in [4.69, 9.17) is 14.2 Å². The van der Waals surface area contributed by atoms with E-state index in [1.165, 1.54) is 11.1 Å². The maximum absolute atomic E-state index is 9.33. The standard InChI is InChI=1S/C24H34O5/c1-17(25)14-27-19(3)16-29-23-12-8-21(9-13-23)24(4,5)20-6-10-22(11-7-20)28-15-18(2)26/h6-13,17-19,25-26H,14-16H2,1-5H3. The molecule has 3 unspecified atom stereocenters. The molecule has 0 radical (unpaired) electrons. The Morgan fingerprint density at radius 1 is 0.690 bits per heavy atom. The minimum atomic E-state index is -0.486. The summed E-state index contributed by atoms with van der Waals surface area (Å²) in [6.45, 7) is 10.7. The summed E-state index contributed by atoms with van der Waals surface area (Å²) in [5, 5.41) is 18.6. The Bertz CT molecular complexity index is 720. The van der Waals surface area contributed by atoms with E-state index in [1.54, 1.807) is 13.8 Å². The average molecular weight is 403 g/mol. The zero-order chi connectivity index (χ0) is 21.4. The van der Waals surface area contributed by atoms with Gasteiger partial charge in [0, 0.05) is 5.41 Å². The van der Waals surface area contributed by atoms with Crippen molar-refractivity contribution < 1.29 is 24.4 Å². The zero-order valence-corrected chi connectivity index (χ0v) is 18.1. The fraction of sp³-hybridized carbons (Fsp3) is 0.500. The van der Waals surface area contributed by atoms with E-state index in [0.717, 1.165) is 11.5 Å². The summed E-state index contributed by atoms with van der Waals surface area (Å²) >= 11 is 0. The molecule has 2 N–H and O–H groups in total. The van der Waals surface area contributed by atoms with Crippen LogP contribution in [0.25, 0.3) is 0 Å². The third kappa shape index (κ3) is 7.35. The molecule has 0 spiro atoms. The van der Waals surface area contributed by atoms with Crippen LogP contribution in [0.5, 0.6) is 11.5 Å². The number of benzene rings is 2. The first-order valence-electron chi connectivity index (χ1n) is 10.1. The van der Waals surface area contributed by atoms with Gasteiger partial charge >= 0.3 is 0 Å². The Balaban J connectivity index is 1.96. The molecule has 3 atom stereocenters. The molecule has 0 aliphatic carbocycles. The van der Waals surface area contributed by atoms with Crippen LogP contribution in [0.1, 0.15) is 45.7 Å². The van der Waals surface area contributed by atoms with Crippen LogP contribution in [-0.2, 0) is 10.2 Å². The van der Waals surface area contributed by atoms with Gasteiger partial charge in [-0.15, -0.1) is 0 Å². The lowest BCUT2D eigenvalue weighted by molar-refractivity contribution is -0.0132. The van der Waals surface area contributed by atoms with Crippen LogP contribution in [0.3, 0.4) is 0 Å². The molecule has 2 aromatic rings. The highest BCUT2D eigenvalue weighted by Gasteiger charge is 2.23. The molecular formula is C24H34O5. The molecule has 0 aromatic heterocycles. The van der Waals surface area contributed by atoms with Gasteiger partial charge in [-0.2, -0.15) is 0 Å². The normalized spacial score (nSPS) is 14.9. The van der Waals surface area contributed by atoms with E-state index in [-0.39, 0.29) is 18.1 Å². The third-order valence-electron chi connectivity index (χ3n) is 4.75. The summed E-state index contributed by atoms with van der Waals surface area (Å²) < 4.78 is 16.8. The van der Waals surface area contributed by atoms with Crippen LogP contribution in [0.2, 0.25) is 0 Å². The molecule has 2 aromatic carbocycles. The number of hydrogen-bond acceptors (Lipinski definition) is 5. The van der Waals surface area contributed by atoms with Gasteiger partial charge in [0.1, 0.15) is 24.7 Å². The maximum Gasteiger partial charge on any atom is 0.119 e. The van der Waals surface area contributed by atoms with Crippen LogP contribution < -0.4 is 9.47 Å². The Morgan fingerprint density at radius 2 is 1.10 bits per heavy atom. The molecule has 0 fully saturated rings. The lowest BCUT2D eigenvalue weighted by atomic mass is 9.78. The van der Waals surface area contributed by atoms with E-state index < -0.39 is 12.2 Å². The Hall–Kier alpha value is -2.08. The van der Waals surface area contributed by atoms with Gasteiger partial charge in [-0.3, -0.25) is 0 Å². The first-order valence-corrected chi connectivity index (χ1v) is 10.1. The molecule has 5 heteroatoms. The number of aliphatic hydroxyl groups is 2. The van der Waals surface area contributed by atoms with Crippen LogP contribution in [0.15, 0.2) is 48.5 Å². The van der Waals surface area contributed by atoms with Crippen molar-refractivity contribution in [2.75, 3.05) is 19.8 Å². The number of hydrogen-bond donors (Lipinski definition) is 2. The van der Waals surface area contributed by atoms with Crippen molar-refractivity contribution in [3.8, 4) is 11.5 Å². The maximum atomic E-state index is 9.33. The minimum Gasteiger partial charge on any atom is -0.491 e. The summed E-state index contributed by atoms with van der Waals surface area (Å²) in [5.74, 6) is 1.54. The van der Waals surface area contributed by atoms with Gasteiger partial charge in [-0.1, -0.05) is 38.1 Å². The van der Waals surface area contributed by atoms with Crippen molar-refractivity contribution in [2.45, 2.75) is 58.3 Å². The number of rotatable bonds is 11. The highest BCUT2D eigenvalue weighted by atomic mass is 16.5. The molecule has 0 heterocycles. The van der Waals surface area contributed by atoms with Gasteiger partial charge in [0.25, 0.3) is 0 Å². The van der Waals surface area contributed by atoms with E-state index in [1.807, 2.05) is 31.2 Å².